The van der Waals surface area contributed by atoms with Gasteiger partial charge in [-0.15, -0.1) is 24.0 Å². The normalized spacial score (nSPS) is 13.0. The Hall–Kier alpha value is -1.39. The molecule has 0 fully saturated rings. The van der Waals surface area contributed by atoms with Gasteiger partial charge in [-0.2, -0.15) is 0 Å². The predicted molar refractivity (Wildman–Crippen MR) is 127 cm³/mol. The molecule has 0 unspecified atom stereocenters. The fourth-order valence-corrected chi connectivity index (χ4v) is 3.06. The molecule has 0 saturated carbocycles. The second-order valence-electron chi connectivity index (χ2n) is 6.77. The monoisotopic (exact) mass is 518 g/mol. The number of carbonyl (C=O) groups excluding carboxylic acids is 1. The van der Waals surface area contributed by atoms with Crippen molar-refractivity contribution in [2.45, 2.75) is 39.3 Å². The third kappa shape index (κ3) is 9.77. The van der Waals surface area contributed by atoms with Gasteiger partial charge in [0.05, 0.1) is 13.2 Å². The minimum Gasteiger partial charge on any atom is -0.382 e. The van der Waals surface area contributed by atoms with Crippen molar-refractivity contribution in [1.29, 1.82) is 0 Å². The number of fused-ring (bicyclic) bond motifs is 1. The fourth-order valence-electron chi connectivity index (χ4n) is 3.06. The molecule has 0 atom stereocenters. The Morgan fingerprint density at radius 3 is 2.48 bits per heavy atom. The van der Waals surface area contributed by atoms with Crippen molar-refractivity contribution in [3.63, 3.8) is 0 Å². The SMILES string of the molecule is CCNC(=NCCCC(=O)N1Cc2ccccc2C1)NCCCOCCOC.I. The van der Waals surface area contributed by atoms with E-state index in [4.69, 9.17) is 9.47 Å². The number of methoxy groups -OCH3 is 1. The minimum absolute atomic E-state index is 0. The van der Waals surface area contributed by atoms with Gasteiger partial charge < -0.3 is 25.0 Å². The van der Waals surface area contributed by atoms with Crippen LogP contribution in [0.2, 0.25) is 0 Å². The summed E-state index contributed by atoms with van der Waals surface area (Å²) in [6.07, 6.45) is 2.19. The first kappa shape index (κ1) is 25.6. The van der Waals surface area contributed by atoms with Gasteiger partial charge in [0.25, 0.3) is 0 Å². The highest BCUT2D eigenvalue weighted by Crippen LogP contribution is 2.22. The summed E-state index contributed by atoms with van der Waals surface area (Å²) in [7, 11) is 1.67. The maximum absolute atomic E-state index is 12.4. The Bertz CT molecular complexity index is 603. The van der Waals surface area contributed by atoms with Crippen molar-refractivity contribution in [2.24, 2.45) is 4.99 Å². The predicted octanol–water partition coefficient (Wildman–Crippen LogP) is 2.54. The standard InChI is InChI=1S/C21H34N4O3.HI/c1-3-22-21(24-12-7-13-28-15-14-27-2)23-11-6-10-20(26)25-16-18-8-4-5-9-19(18)17-25;/h4-5,8-9H,3,6-7,10-17H2,1-2H3,(H2,22,23,24);1H. The van der Waals surface area contributed by atoms with Crippen molar-refractivity contribution in [3.8, 4) is 0 Å². The number of rotatable bonds is 12. The highest BCUT2D eigenvalue weighted by Gasteiger charge is 2.22. The number of hydrogen-bond donors (Lipinski definition) is 2. The van der Waals surface area contributed by atoms with Gasteiger partial charge in [0, 0.05) is 52.9 Å². The van der Waals surface area contributed by atoms with Crippen LogP contribution < -0.4 is 10.6 Å². The molecule has 2 N–H and O–H groups in total. The minimum atomic E-state index is 0. The fraction of sp³-hybridized carbons (Fsp3) is 0.619. The molecular weight excluding hydrogens is 483 g/mol. The second kappa shape index (κ2) is 15.4. The summed E-state index contributed by atoms with van der Waals surface area (Å²) in [6, 6.07) is 8.26. The van der Waals surface area contributed by atoms with E-state index < -0.39 is 0 Å². The van der Waals surface area contributed by atoms with Crippen molar-refractivity contribution < 1.29 is 14.3 Å². The van der Waals surface area contributed by atoms with Gasteiger partial charge in [-0.3, -0.25) is 9.79 Å². The smallest absolute Gasteiger partial charge is 0.223 e. The van der Waals surface area contributed by atoms with Crippen LogP contribution in [0, 0.1) is 0 Å². The largest absolute Gasteiger partial charge is 0.382 e. The van der Waals surface area contributed by atoms with Crippen LogP contribution in [0.4, 0.5) is 0 Å². The van der Waals surface area contributed by atoms with E-state index in [-0.39, 0.29) is 29.9 Å². The summed E-state index contributed by atoms with van der Waals surface area (Å²) in [5.41, 5.74) is 2.53. The van der Waals surface area contributed by atoms with E-state index in [1.807, 2.05) is 24.0 Å². The first-order valence-corrected chi connectivity index (χ1v) is 10.2. The molecule has 1 heterocycles. The molecular formula is C21H35IN4O3. The van der Waals surface area contributed by atoms with Crippen LogP contribution >= 0.6 is 24.0 Å². The lowest BCUT2D eigenvalue weighted by Gasteiger charge is -2.15. The van der Waals surface area contributed by atoms with E-state index >= 15 is 0 Å². The van der Waals surface area contributed by atoms with Gasteiger partial charge in [0.2, 0.25) is 5.91 Å². The molecule has 2 rings (SSSR count). The zero-order valence-corrected chi connectivity index (χ0v) is 19.9. The summed E-state index contributed by atoms with van der Waals surface area (Å²) in [6.45, 7) is 7.68. The highest BCUT2D eigenvalue weighted by atomic mass is 127. The molecule has 0 aromatic heterocycles. The Balaban J connectivity index is 0.00000420. The molecule has 1 aliphatic rings. The van der Waals surface area contributed by atoms with Crippen molar-refractivity contribution in [2.75, 3.05) is 46.6 Å². The average molecular weight is 518 g/mol. The van der Waals surface area contributed by atoms with E-state index in [1.54, 1.807) is 7.11 Å². The summed E-state index contributed by atoms with van der Waals surface area (Å²) in [4.78, 5) is 18.9. The topological polar surface area (TPSA) is 75.2 Å². The number of ether oxygens (including phenoxy) is 2. The molecule has 1 aliphatic heterocycles. The number of nitrogens with one attached hydrogen (secondary N) is 2. The lowest BCUT2D eigenvalue weighted by molar-refractivity contribution is -0.131. The van der Waals surface area contributed by atoms with E-state index in [9.17, 15) is 4.79 Å². The Kier molecular flexibility index (Phi) is 13.7. The Morgan fingerprint density at radius 1 is 1.10 bits per heavy atom. The van der Waals surface area contributed by atoms with E-state index in [0.29, 0.717) is 32.8 Å². The molecule has 8 heteroatoms. The van der Waals surface area contributed by atoms with Crippen LogP contribution in [0.3, 0.4) is 0 Å². The molecule has 0 radical (unpaired) electrons. The number of carbonyl (C=O) groups is 1. The summed E-state index contributed by atoms with van der Waals surface area (Å²) < 4.78 is 10.4. The summed E-state index contributed by atoms with van der Waals surface area (Å²) in [5, 5.41) is 6.53. The number of guanidine groups is 1. The van der Waals surface area contributed by atoms with Crippen LogP contribution in [0.1, 0.15) is 37.3 Å². The quantitative estimate of drug-likeness (QED) is 0.193. The van der Waals surface area contributed by atoms with Gasteiger partial charge in [0.15, 0.2) is 5.96 Å². The molecule has 0 saturated heterocycles. The molecule has 1 aromatic carbocycles. The molecule has 0 spiro atoms. The van der Waals surface area contributed by atoms with Gasteiger partial charge in [-0.05, 0) is 30.9 Å². The second-order valence-corrected chi connectivity index (χ2v) is 6.77. The van der Waals surface area contributed by atoms with Crippen LogP contribution in [0.25, 0.3) is 0 Å². The van der Waals surface area contributed by atoms with Crippen molar-refractivity contribution in [1.82, 2.24) is 15.5 Å². The average Bonchev–Trinajstić information content (AvgIpc) is 3.14. The van der Waals surface area contributed by atoms with Crippen LogP contribution in [0.5, 0.6) is 0 Å². The molecule has 0 bridgehead atoms. The van der Waals surface area contributed by atoms with Crippen molar-refractivity contribution >= 4 is 35.8 Å². The number of nitrogens with zero attached hydrogens (tertiary/aromatic N) is 2. The van der Waals surface area contributed by atoms with Crippen LogP contribution in [-0.4, -0.2) is 63.3 Å². The van der Waals surface area contributed by atoms with Crippen LogP contribution in [-0.2, 0) is 27.4 Å². The number of amides is 1. The first-order valence-electron chi connectivity index (χ1n) is 10.2. The lowest BCUT2D eigenvalue weighted by atomic mass is 10.1. The summed E-state index contributed by atoms with van der Waals surface area (Å²) in [5.74, 6) is 0.998. The maximum Gasteiger partial charge on any atom is 0.223 e. The van der Waals surface area contributed by atoms with E-state index in [0.717, 1.165) is 45.0 Å². The van der Waals surface area contributed by atoms with E-state index in [1.165, 1.54) is 11.1 Å². The maximum atomic E-state index is 12.4. The molecule has 164 valence electrons. The molecule has 1 amide bonds. The van der Waals surface area contributed by atoms with Gasteiger partial charge >= 0.3 is 0 Å². The highest BCUT2D eigenvalue weighted by molar-refractivity contribution is 14.0. The third-order valence-electron chi connectivity index (χ3n) is 4.55. The van der Waals surface area contributed by atoms with Gasteiger partial charge in [-0.1, -0.05) is 24.3 Å². The van der Waals surface area contributed by atoms with E-state index in [2.05, 4.69) is 27.8 Å². The third-order valence-corrected chi connectivity index (χ3v) is 4.55. The summed E-state index contributed by atoms with van der Waals surface area (Å²) >= 11 is 0. The van der Waals surface area contributed by atoms with Crippen LogP contribution in [0.15, 0.2) is 29.3 Å². The zero-order chi connectivity index (χ0) is 20.0. The molecule has 1 aromatic rings. The Labute approximate surface area is 191 Å². The number of hydrogen-bond acceptors (Lipinski definition) is 4. The van der Waals surface area contributed by atoms with Gasteiger partial charge in [-0.25, -0.2) is 0 Å². The first-order chi connectivity index (χ1) is 13.7. The Morgan fingerprint density at radius 2 is 1.83 bits per heavy atom. The number of benzene rings is 1. The number of aliphatic imine (C=N–C) groups is 1. The molecule has 29 heavy (non-hydrogen) atoms. The number of halogens is 1. The molecule has 0 aliphatic carbocycles. The van der Waals surface area contributed by atoms with Crippen molar-refractivity contribution in [3.05, 3.63) is 35.4 Å². The van der Waals surface area contributed by atoms with Gasteiger partial charge in [0.1, 0.15) is 0 Å². The lowest BCUT2D eigenvalue weighted by Crippen LogP contribution is -2.38. The molecule has 7 nitrogen and oxygen atoms in total. The zero-order valence-electron chi connectivity index (χ0n) is 17.6.